The Morgan fingerprint density at radius 1 is 1.44 bits per heavy atom. The molecule has 0 saturated carbocycles. The number of thiazole rings is 1. The fraction of sp³-hybridized carbons (Fsp3) is 0.222. The van der Waals surface area contributed by atoms with E-state index >= 15 is 0 Å². The molecule has 2 aromatic heterocycles. The Morgan fingerprint density at radius 2 is 2.22 bits per heavy atom. The highest BCUT2D eigenvalue weighted by Crippen LogP contribution is 2.18. The van der Waals surface area contributed by atoms with Gasteiger partial charge in [-0.05, 0) is 6.92 Å². The van der Waals surface area contributed by atoms with Crippen molar-refractivity contribution in [1.82, 2.24) is 19.0 Å². The average molecular weight is 284 g/mol. The van der Waals surface area contributed by atoms with Crippen molar-refractivity contribution >= 4 is 34.9 Å². The van der Waals surface area contributed by atoms with Crippen LogP contribution in [-0.4, -0.2) is 30.7 Å². The Morgan fingerprint density at radius 3 is 2.78 bits per heavy atom. The van der Waals surface area contributed by atoms with Gasteiger partial charge in [0.05, 0.1) is 24.0 Å². The van der Waals surface area contributed by atoms with Gasteiger partial charge in [0.15, 0.2) is 11.4 Å². The molecule has 0 radical (unpaired) electrons. The van der Waals surface area contributed by atoms with Gasteiger partial charge in [-0.25, -0.2) is 9.78 Å². The van der Waals surface area contributed by atoms with Crippen molar-refractivity contribution in [2.24, 2.45) is 0 Å². The number of hydrogen-bond donors (Lipinski definition) is 2. The van der Waals surface area contributed by atoms with Gasteiger partial charge in [-0.1, -0.05) is 0 Å². The summed E-state index contributed by atoms with van der Waals surface area (Å²) in [4.78, 5) is 26.3. The van der Waals surface area contributed by atoms with E-state index in [1.165, 1.54) is 22.9 Å². The third kappa shape index (κ3) is 2.68. The summed E-state index contributed by atoms with van der Waals surface area (Å²) in [6, 6.07) is -0.378. The topological polar surface area (TPSA) is 105 Å². The first-order valence-electron chi connectivity index (χ1n) is 4.85. The van der Waals surface area contributed by atoms with Gasteiger partial charge in [-0.15, -0.1) is 11.3 Å². The van der Waals surface area contributed by atoms with Gasteiger partial charge in [0.2, 0.25) is 0 Å². The van der Waals surface area contributed by atoms with E-state index in [1.54, 1.807) is 6.92 Å². The van der Waals surface area contributed by atoms with Crippen molar-refractivity contribution in [2.45, 2.75) is 13.0 Å². The summed E-state index contributed by atoms with van der Waals surface area (Å²) in [5, 5.41) is 13.4. The summed E-state index contributed by atoms with van der Waals surface area (Å²) in [5.74, 6) is -1.44. The molecule has 7 nitrogen and oxygen atoms in total. The van der Waals surface area contributed by atoms with Gasteiger partial charge < -0.3 is 10.4 Å². The molecule has 0 aromatic carbocycles. The summed E-state index contributed by atoms with van der Waals surface area (Å²) in [6.45, 7) is 1.72. The Balaban J connectivity index is 2.05. The predicted molar refractivity (Wildman–Crippen MR) is 64.9 cm³/mol. The van der Waals surface area contributed by atoms with Crippen LogP contribution in [0, 0.1) is 0 Å². The molecule has 0 aliphatic rings. The molecule has 94 valence electrons. The number of nitrogens with one attached hydrogen (secondary N) is 1. The molecule has 0 saturated heterocycles. The van der Waals surface area contributed by atoms with E-state index in [0.29, 0.717) is 5.01 Å². The van der Waals surface area contributed by atoms with Gasteiger partial charge in [-0.2, -0.15) is 8.75 Å². The van der Waals surface area contributed by atoms with Gasteiger partial charge >= 0.3 is 5.97 Å². The number of aromatic carboxylic acids is 1. The van der Waals surface area contributed by atoms with Gasteiger partial charge in [0.1, 0.15) is 5.01 Å². The SMILES string of the molecule is CC(NC(=O)c1cnsn1)c1nc(C(=O)O)cs1. The van der Waals surface area contributed by atoms with E-state index in [9.17, 15) is 9.59 Å². The van der Waals surface area contributed by atoms with Crippen LogP contribution in [0.5, 0.6) is 0 Å². The normalized spacial score (nSPS) is 12.1. The van der Waals surface area contributed by atoms with Gasteiger partial charge in [0.25, 0.3) is 5.91 Å². The van der Waals surface area contributed by atoms with Crippen molar-refractivity contribution in [3.05, 3.63) is 28.0 Å². The molecular formula is C9H8N4O3S2. The highest BCUT2D eigenvalue weighted by atomic mass is 32.1. The molecule has 1 atom stereocenters. The predicted octanol–water partition coefficient (Wildman–Crippen LogP) is 1.18. The second-order valence-electron chi connectivity index (χ2n) is 3.36. The Kier molecular flexibility index (Phi) is 3.63. The number of amides is 1. The highest BCUT2D eigenvalue weighted by molar-refractivity contribution is 7.09. The lowest BCUT2D eigenvalue weighted by molar-refractivity contribution is 0.0691. The van der Waals surface area contributed by atoms with E-state index in [-0.39, 0.29) is 23.3 Å². The molecule has 0 bridgehead atoms. The number of aromatic nitrogens is 3. The molecule has 18 heavy (non-hydrogen) atoms. The zero-order valence-corrected chi connectivity index (χ0v) is 10.8. The molecule has 0 aliphatic heterocycles. The molecule has 9 heteroatoms. The lowest BCUT2D eigenvalue weighted by atomic mass is 10.3. The molecule has 0 fully saturated rings. The standard InChI is InChI=1S/C9H8N4O3S2/c1-4(8-12-6(3-17-8)9(15)16)11-7(14)5-2-10-18-13-5/h2-4H,1H3,(H,11,14)(H,15,16). The largest absolute Gasteiger partial charge is 0.476 e. The molecule has 1 amide bonds. The van der Waals surface area contributed by atoms with E-state index in [1.807, 2.05) is 0 Å². The fourth-order valence-electron chi connectivity index (χ4n) is 1.18. The fourth-order valence-corrected chi connectivity index (χ4v) is 2.39. The van der Waals surface area contributed by atoms with Crippen LogP contribution in [-0.2, 0) is 0 Å². The summed E-state index contributed by atoms with van der Waals surface area (Å²) in [6.07, 6.45) is 1.37. The smallest absolute Gasteiger partial charge is 0.355 e. The maximum atomic E-state index is 11.7. The Labute approximate surface area is 110 Å². The van der Waals surface area contributed by atoms with Crippen LogP contribution >= 0.6 is 23.1 Å². The van der Waals surface area contributed by atoms with Crippen molar-refractivity contribution in [3.8, 4) is 0 Å². The van der Waals surface area contributed by atoms with Crippen molar-refractivity contribution in [3.63, 3.8) is 0 Å². The minimum atomic E-state index is -1.08. The number of carboxylic acid groups (broad SMARTS) is 1. The quantitative estimate of drug-likeness (QED) is 0.873. The minimum absolute atomic E-state index is 0.0218. The molecule has 2 rings (SSSR count). The van der Waals surface area contributed by atoms with E-state index in [4.69, 9.17) is 5.11 Å². The van der Waals surface area contributed by atoms with Crippen LogP contribution < -0.4 is 5.32 Å². The molecule has 0 aliphatic carbocycles. The number of nitrogens with zero attached hydrogens (tertiary/aromatic N) is 3. The summed E-state index contributed by atoms with van der Waals surface area (Å²) in [5.41, 5.74) is 0.216. The van der Waals surface area contributed by atoms with Gasteiger partial charge in [-0.3, -0.25) is 4.79 Å². The third-order valence-electron chi connectivity index (χ3n) is 2.05. The number of carbonyl (C=O) groups is 2. The second kappa shape index (κ2) is 5.19. The van der Waals surface area contributed by atoms with Crippen LogP contribution in [0.3, 0.4) is 0 Å². The minimum Gasteiger partial charge on any atom is -0.476 e. The van der Waals surface area contributed by atoms with Crippen LogP contribution in [0.1, 0.15) is 39.0 Å². The molecule has 0 spiro atoms. The maximum Gasteiger partial charge on any atom is 0.355 e. The number of rotatable bonds is 4. The number of hydrogen-bond acceptors (Lipinski definition) is 7. The van der Waals surface area contributed by atoms with E-state index < -0.39 is 5.97 Å². The molecular weight excluding hydrogens is 276 g/mol. The number of carbonyl (C=O) groups excluding carboxylic acids is 1. The summed E-state index contributed by atoms with van der Waals surface area (Å²) >= 11 is 2.13. The maximum absolute atomic E-state index is 11.7. The van der Waals surface area contributed by atoms with E-state index in [2.05, 4.69) is 19.0 Å². The molecule has 2 heterocycles. The average Bonchev–Trinajstić information content (AvgIpc) is 3.00. The van der Waals surface area contributed by atoms with Crippen molar-refractivity contribution in [1.29, 1.82) is 0 Å². The van der Waals surface area contributed by atoms with Crippen LogP contribution in [0.15, 0.2) is 11.6 Å². The lowest BCUT2D eigenvalue weighted by Gasteiger charge is -2.09. The second-order valence-corrected chi connectivity index (χ2v) is 4.81. The van der Waals surface area contributed by atoms with Crippen LogP contribution in [0.25, 0.3) is 0 Å². The lowest BCUT2D eigenvalue weighted by Crippen LogP contribution is -2.26. The van der Waals surface area contributed by atoms with E-state index in [0.717, 1.165) is 11.7 Å². The first-order chi connectivity index (χ1) is 8.58. The molecule has 1 unspecified atom stereocenters. The third-order valence-corrected chi connectivity index (χ3v) is 3.56. The first-order valence-corrected chi connectivity index (χ1v) is 6.46. The van der Waals surface area contributed by atoms with Crippen molar-refractivity contribution in [2.75, 3.05) is 0 Å². The van der Waals surface area contributed by atoms with Crippen LogP contribution in [0.2, 0.25) is 0 Å². The molecule has 2 aromatic rings. The monoisotopic (exact) mass is 284 g/mol. The van der Waals surface area contributed by atoms with Crippen molar-refractivity contribution < 1.29 is 14.7 Å². The molecule has 2 N–H and O–H groups in total. The zero-order chi connectivity index (χ0) is 13.1. The zero-order valence-electron chi connectivity index (χ0n) is 9.15. The highest BCUT2D eigenvalue weighted by Gasteiger charge is 2.17. The summed E-state index contributed by atoms with van der Waals surface area (Å²) in [7, 11) is 0. The first kappa shape index (κ1) is 12.6. The number of carboxylic acids is 1. The Hall–Kier alpha value is -1.87. The Bertz CT molecular complexity index is 566. The summed E-state index contributed by atoms with van der Waals surface area (Å²) < 4.78 is 7.53. The van der Waals surface area contributed by atoms with Gasteiger partial charge in [0, 0.05) is 5.38 Å². The van der Waals surface area contributed by atoms with Crippen LogP contribution in [0.4, 0.5) is 0 Å².